The molecule has 0 amide bonds. The molecule has 0 unspecified atom stereocenters. The highest BCUT2D eigenvalue weighted by Crippen LogP contribution is 2.40. The molecule has 4 heteroatoms. The van der Waals surface area contributed by atoms with Crippen LogP contribution in [0.4, 0.5) is 0 Å². The molecule has 2 aromatic carbocycles. The summed E-state index contributed by atoms with van der Waals surface area (Å²) >= 11 is 0. The number of carbonyl (C=O) groups excluding carboxylic acids is 1. The van der Waals surface area contributed by atoms with Crippen molar-refractivity contribution < 1.29 is 14.3 Å². The molecule has 1 heterocycles. The Balaban J connectivity index is 1.15. The Hall–Kier alpha value is -2.07. The summed E-state index contributed by atoms with van der Waals surface area (Å²) in [5.41, 5.74) is 1.29. The van der Waals surface area contributed by atoms with E-state index in [1.165, 1.54) is 74.8 Å². The largest absolute Gasteiger partial charge is 0.490 e. The molecule has 1 aliphatic heterocycles. The van der Waals surface area contributed by atoms with E-state index in [1.807, 2.05) is 0 Å². The van der Waals surface area contributed by atoms with Crippen LogP contribution in [0, 0.1) is 17.8 Å². The van der Waals surface area contributed by atoms with Crippen LogP contribution in [0.3, 0.4) is 0 Å². The van der Waals surface area contributed by atoms with Crippen molar-refractivity contribution in [2.45, 2.75) is 64.0 Å². The van der Waals surface area contributed by atoms with Crippen molar-refractivity contribution in [3.63, 3.8) is 0 Å². The lowest BCUT2D eigenvalue weighted by molar-refractivity contribution is -0.151. The SMILES string of the molecule is COC(=O)C1CN(Cc2ccc3cc(O[C@H]4CC[C@H](C5CCCC5)CC4)ccc3c2)C1. The number of hydrogen-bond acceptors (Lipinski definition) is 4. The van der Waals surface area contributed by atoms with Gasteiger partial charge in [0.15, 0.2) is 0 Å². The molecule has 0 radical (unpaired) electrons. The maximum Gasteiger partial charge on any atom is 0.311 e. The Morgan fingerprint density at radius 2 is 1.58 bits per heavy atom. The molecule has 5 rings (SSSR count). The molecule has 166 valence electrons. The Morgan fingerprint density at radius 3 is 2.32 bits per heavy atom. The standard InChI is InChI=1S/C27H35NO3/c1-30-27(29)24-17-28(18-24)16-19-6-7-23-15-26(13-10-22(23)14-19)31-25-11-8-21(9-12-25)20-4-2-3-5-20/h6-7,10,13-15,20-21,24-25H,2-5,8-9,11-12,16-18H2,1H3/t21-,25-. The maximum absolute atomic E-state index is 11.6. The summed E-state index contributed by atoms with van der Waals surface area (Å²) in [6.07, 6.45) is 11.3. The highest BCUT2D eigenvalue weighted by molar-refractivity contribution is 5.84. The van der Waals surface area contributed by atoms with E-state index in [0.29, 0.717) is 6.10 Å². The molecule has 4 nitrogen and oxygen atoms in total. The summed E-state index contributed by atoms with van der Waals surface area (Å²) in [5.74, 6) is 2.91. The number of ether oxygens (including phenoxy) is 2. The smallest absolute Gasteiger partial charge is 0.311 e. The summed E-state index contributed by atoms with van der Waals surface area (Å²) < 4.78 is 11.2. The van der Waals surface area contributed by atoms with Gasteiger partial charge in [0, 0.05) is 19.6 Å². The lowest BCUT2D eigenvalue weighted by Crippen LogP contribution is -2.49. The van der Waals surface area contributed by atoms with Gasteiger partial charge in [-0.3, -0.25) is 9.69 Å². The Morgan fingerprint density at radius 1 is 0.903 bits per heavy atom. The van der Waals surface area contributed by atoms with Crippen LogP contribution in [-0.2, 0) is 16.1 Å². The van der Waals surface area contributed by atoms with Crippen molar-refractivity contribution in [2.24, 2.45) is 17.8 Å². The summed E-state index contributed by atoms with van der Waals surface area (Å²) in [6, 6.07) is 13.2. The average molecular weight is 422 g/mol. The van der Waals surface area contributed by atoms with Crippen molar-refractivity contribution in [3.8, 4) is 5.75 Å². The minimum absolute atomic E-state index is 0.0402. The van der Waals surface area contributed by atoms with E-state index < -0.39 is 0 Å². The predicted molar refractivity (Wildman–Crippen MR) is 123 cm³/mol. The van der Waals surface area contributed by atoms with Crippen LogP contribution in [0.1, 0.15) is 56.9 Å². The molecular weight excluding hydrogens is 386 g/mol. The zero-order valence-corrected chi connectivity index (χ0v) is 18.7. The van der Waals surface area contributed by atoms with Gasteiger partial charge in [0.2, 0.25) is 0 Å². The Kier molecular flexibility index (Phi) is 6.17. The number of hydrogen-bond donors (Lipinski definition) is 0. The summed E-state index contributed by atoms with van der Waals surface area (Å²) in [5, 5.41) is 2.48. The molecule has 1 saturated heterocycles. The van der Waals surface area contributed by atoms with E-state index in [4.69, 9.17) is 9.47 Å². The van der Waals surface area contributed by atoms with E-state index in [-0.39, 0.29) is 11.9 Å². The topological polar surface area (TPSA) is 38.8 Å². The van der Waals surface area contributed by atoms with Gasteiger partial charge in [-0.2, -0.15) is 0 Å². The van der Waals surface area contributed by atoms with Crippen LogP contribution in [0.5, 0.6) is 5.75 Å². The number of methoxy groups -OCH3 is 1. The number of carbonyl (C=O) groups is 1. The zero-order valence-electron chi connectivity index (χ0n) is 18.7. The molecule has 31 heavy (non-hydrogen) atoms. The summed E-state index contributed by atoms with van der Waals surface area (Å²) in [7, 11) is 1.47. The quantitative estimate of drug-likeness (QED) is 0.572. The first-order chi connectivity index (χ1) is 15.2. The molecule has 2 saturated carbocycles. The number of esters is 1. The molecule has 0 spiro atoms. The van der Waals surface area contributed by atoms with Gasteiger partial charge in [-0.15, -0.1) is 0 Å². The van der Waals surface area contributed by atoms with E-state index in [0.717, 1.165) is 37.2 Å². The maximum atomic E-state index is 11.6. The third-order valence-corrected chi connectivity index (χ3v) is 7.86. The molecule has 2 aromatic rings. The van der Waals surface area contributed by atoms with Crippen molar-refractivity contribution in [3.05, 3.63) is 42.0 Å². The fourth-order valence-electron chi connectivity index (χ4n) is 6.02. The number of rotatable bonds is 6. The second-order valence-corrected chi connectivity index (χ2v) is 9.96. The van der Waals surface area contributed by atoms with Crippen LogP contribution in [-0.4, -0.2) is 37.2 Å². The normalized spacial score (nSPS) is 25.5. The van der Waals surface area contributed by atoms with Gasteiger partial charge < -0.3 is 9.47 Å². The number of benzene rings is 2. The first kappa shape index (κ1) is 20.8. The third kappa shape index (κ3) is 4.74. The number of fused-ring (bicyclic) bond motifs is 1. The number of nitrogens with zero attached hydrogens (tertiary/aromatic N) is 1. The highest BCUT2D eigenvalue weighted by atomic mass is 16.5. The van der Waals surface area contributed by atoms with Crippen LogP contribution in [0.15, 0.2) is 36.4 Å². The second kappa shape index (κ2) is 9.20. The molecule has 0 N–H and O–H groups in total. The van der Waals surface area contributed by atoms with E-state index in [9.17, 15) is 4.79 Å². The Labute approximate surface area is 185 Å². The van der Waals surface area contributed by atoms with Crippen LogP contribution in [0.25, 0.3) is 10.8 Å². The number of likely N-dealkylation sites (tertiary alicyclic amines) is 1. The van der Waals surface area contributed by atoms with Gasteiger partial charge in [0.25, 0.3) is 0 Å². The van der Waals surface area contributed by atoms with E-state index in [2.05, 4.69) is 41.3 Å². The van der Waals surface area contributed by atoms with Gasteiger partial charge >= 0.3 is 5.97 Å². The molecule has 0 atom stereocenters. The van der Waals surface area contributed by atoms with E-state index in [1.54, 1.807) is 0 Å². The monoisotopic (exact) mass is 421 g/mol. The molecule has 3 aliphatic rings. The van der Waals surface area contributed by atoms with Crippen molar-refractivity contribution in [1.29, 1.82) is 0 Å². The van der Waals surface area contributed by atoms with Crippen LogP contribution < -0.4 is 4.74 Å². The van der Waals surface area contributed by atoms with Gasteiger partial charge in [0.1, 0.15) is 5.75 Å². The van der Waals surface area contributed by atoms with Gasteiger partial charge in [-0.05, 0) is 72.1 Å². The molecule has 3 fully saturated rings. The third-order valence-electron chi connectivity index (χ3n) is 7.86. The fraction of sp³-hybridized carbons (Fsp3) is 0.593. The van der Waals surface area contributed by atoms with Gasteiger partial charge in [-0.25, -0.2) is 0 Å². The average Bonchev–Trinajstić information content (AvgIpc) is 3.31. The van der Waals surface area contributed by atoms with Crippen molar-refractivity contribution >= 4 is 16.7 Å². The van der Waals surface area contributed by atoms with Crippen LogP contribution >= 0.6 is 0 Å². The zero-order chi connectivity index (χ0) is 21.2. The molecule has 0 aromatic heterocycles. The van der Waals surface area contributed by atoms with Crippen molar-refractivity contribution in [2.75, 3.05) is 20.2 Å². The fourth-order valence-corrected chi connectivity index (χ4v) is 6.02. The Bertz CT molecular complexity index is 906. The lowest BCUT2D eigenvalue weighted by atomic mass is 9.78. The minimum atomic E-state index is -0.0886. The lowest BCUT2D eigenvalue weighted by Gasteiger charge is -2.37. The molecule has 0 bridgehead atoms. The summed E-state index contributed by atoms with van der Waals surface area (Å²) in [6.45, 7) is 2.47. The van der Waals surface area contributed by atoms with E-state index >= 15 is 0 Å². The first-order valence-electron chi connectivity index (χ1n) is 12.2. The first-order valence-corrected chi connectivity index (χ1v) is 12.2. The predicted octanol–water partition coefficient (Wildman–Crippen LogP) is 5.57. The highest BCUT2D eigenvalue weighted by Gasteiger charge is 2.33. The van der Waals surface area contributed by atoms with Crippen LogP contribution in [0.2, 0.25) is 0 Å². The van der Waals surface area contributed by atoms with Gasteiger partial charge in [0.05, 0.1) is 19.1 Å². The molecule has 2 aliphatic carbocycles. The van der Waals surface area contributed by atoms with Gasteiger partial charge in [-0.1, -0.05) is 43.9 Å². The molecular formula is C27H35NO3. The second-order valence-electron chi connectivity index (χ2n) is 9.96. The minimum Gasteiger partial charge on any atom is -0.490 e. The van der Waals surface area contributed by atoms with Crippen molar-refractivity contribution in [1.82, 2.24) is 4.90 Å². The summed E-state index contributed by atoms with van der Waals surface area (Å²) in [4.78, 5) is 13.9.